The Kier molecular flexibility index (Phi) is 8.61. The van der Waals surface area contributed by atoms with Crippen LogP contribution in [0.1, 0.15) is 31.4 Å². The SMILES string of the molecule is CCNC(=O)[C@@H](CC)N(Cc1ccc(Cl)c(Cl)c1)C(=O)Cc1ccccc1Cl. The van der Waals surface area contributed by atoms with E-state index in [4.69, 9.17) is 34.8 Å². The second-order valence-corrected chi connectivity index (χ2v) is 7.58. The highest BCUT2D eigenvalue weighted by Gasteiger charge is 2.28. The Morgan fingerprint density at radius 2 is 1.71 bits per heavy atom. The molecule has 0 aliphatic heterocycles. The van der Waals surface area contributed by atoms with Crippen molar-refractivity contribution in [2.75, 3.05) is 6.54 Å². The summed E-state index contributed by atoms with van der Waals surface area (Å²) in [4.78, 5) is 27.3. The molecule has 0 aliphatic carbocycles. The van der Waals surface area contributed by atoms with Crippen molar-refractivity contribution < 1.29 is 9.59 Å². The van der Waals surface area contributed by atoms with Gasteiger partial charge in [-0.3, -0.25) is 9.59 Å². The number of nitrogens with zero attached hydrogens (tertiary/aromatic N) is 1. The van der Waals surface area contributed by atoms with E-state index in [1.165, 1.54) is 0 Å². The summed E-state index contributed by atoms with van der Waals surface area (Å²) in [6, 6.07) is 11.8. The third-order valence-electron chi connectivity index (χ3n) is 4.37. The molecule has 0 aliphatic rings. The lowest BCUT2D eigenvalue weighted by Gasteiger charge is -2.31. The highest BCUT2D eigenvalue weighted by atomic mass is 35.5. The fraction of sp³-hybridized carbons (Fsp3) is 0.333. The van der Waals surface area contributed by atoms with Crippen LogP contribution in [0.4, 0.5) is 0 Å². The van der Waals surface area contributed by atoms with Crippen molar-refractivity contribution in [3.63, 3.8) is 0 Å². The zero-order valence-corrected chi connectivity index (χ0v) is 18.1. The van der Waals surface area contributed by atoms with Crippen LogP contribution < -0.4 is 5.32 Å². The minimum absolute atomic E-state index is 0.108. The normalized spacial score (nSPS) is 11.8. The molecule has 1 N–H and O–H groups in total. The van der Waals surface area contributed by atoms with Gasteiger partial charge in [-0.1, -0.05) is 66.0 Å². The molecular formula is C21H23Cl3N2O2. The van der Waals surface area contributed by atoms with Crippen LogP contribution in [0.25, 0.3) is 0 Å². The average molecular weight is 442 g/mol. The average Bonchev–Trinajstić information content (AvgIpc) is 2.66. The molecule has 0 saturated carbocycles. The van der Waals surface area contributed by atoms with Crippen LogP contribution in [-0.2, 0) is 22.6 Å². The largest absolute Gasteiger partial charge is 0.355 e. The molecule has 2 rings (SSSR count). The van der Waals surface area contributed by atoms with Gasteiger partial charge in [-0.15, -0.1) is 0 Å². The van der Waals surface area contributed by atoms with Crippen molar-refractivity contribution in [2.24, 2.45) is 0 Å². The van der Waals surface area contributed by atoms with Crippen LogP contribution in [0.3, 0.4) is 0 Å². The molecule has 0 aromatic heterocycles. The van der Waals surface area contributed by atoms with Gasteiger partial charge in [0.25, 0.3) is 0 Å². The van der Waals surface area contributed by atoms with Gasteiger partial charge in [-0.25, -0.2) is 0 Å². The van der Waals surface area contributed by atoms with E-state index in [9.17, 15) is 9.59 Å². The van der Waals surface area contributed by atoms with Gasteiger partial charge in [0.1, 0.15) is 6.04 Å². The number of nitrogens with one attached hydrogen (secondary N) is 1. The summed E-state index contributed by atoms with van der Waals surface area (Å²) in [6.07, 6.45) is 0.596. The number of carbonyl (C=O) groups is 2. The smallest absolute Gasteiger partial charge is 0.242 e. The lowest BCUT2D eigenvalue weighted by molar-refractivity contribution is -0.140. The van der Waals surface area contributed by atoms with Crippen molar-refractivity contribution in [3.05, 3.63) is 68.7 Å². The van der Waals surface area contributed by atoms with E-state index in [-0.39, 0.29) is 24.8 Å². The summed E-state index contributed by atoms with van der Waals surface area (Å²) in [6.45, 7) is 4.47. The van der Waals surface area contributed by atoms with Crippen LogP contribution in [-0.4, -0.2) is 29.3 Å². The first-order valence-corrected chi connectivity index (χ1v) is 10.2. The van der Waals surface area contributed by atoms with E-state index in [2.05, 4.69) is 5.32 Å². The summed E-state index contributed by atoms with van der Waals surface area (Å²) in [5.41, 5.74) is 1.52. The van der Waals surface area contributed by atoms with Crippen LogP contribution in [0.2, 0.25) is 15.1 Å². The number of halogens is 3. The fourth-order valence-electron chi connectivity index (χ4n) is 2.95. The number of hydrogen-bond acceptors (Lipinski definition) is 2. The molecule has 150 valence electrons. The van der Waals surface area contributed by atoms with E-state index in [1.54, 1.807) is 29.2 Å². The third kappa shape index (κ3) is 5.87. The molecule has 0 unspecified atom stereocenters. The maximum Gasteiger partial charge on any atom is 0.242 e. The van der Waals surface area contributed by atoms with Crippen LogP contribution in [0, 0.1) is 0 Å². The molecule has 2 amide bonds. The number of carbonyl (C=O) groups excluding carboxylic acids is 2. The Labute approximate surface area is 180 Å². The maximum absolute atomic E-state index is 13.2. The van der Waals surface area contributed by atoms with Crippen molar-refractivity contribution in [1.82, 2.24) is 10.2 Å². The van der Waals surface area contributed by atoms with Gasteiger partial charge in [0.05, 0.1) is 16.5 Å². The maximum atomic E-state index is 13.2. The molecule has 2 aromatic carbocycles. The summed E-state index contributed by atoms with van der Waals surface area (Å²) in [7, 11) is 0. The van der Waals surface area contributed by atoms with Gasteiger partial charge >= 0.3 is 0 Å². The minimum atomic E-state index is -0.593. The number of benzene rings is 2. The first kappa shape index (κ1) is 22.5. The number of rotatable bonds is 8. The minimum Gasteiger partial charge on any atom is -0.355 e. The van der Waals surface area contributed by atoms with Crippen molar-refractivity contribution >= 4 is 46.6 Å². The van der Waals surface area contributed by atoms with E-state index < -0.39 is 6.04 Å². The Hall–Kier alpha value is -1.75. The van der Waals surface area contributed by atoms with Gasteiger partial charge in [0, 0.05) is 18.1 Å². The molecule has 0 spiro atoms. The van der Waals surface area contributed by atoms with Gasteiger partial charge in [0.2, 0.25) is 11.8 Å². The van der Waals surface area contributed by atoms with Gasteiger partial charge < -0.3 is 10.2 Å². The molecule has 0 fully saturated rings. The first-order chi connectivity index (χ1) is 13.4. The quantitative estimate of drug-likeness (QED) is 0.617. The molecular weight excluding hydrogens is 419 g/mol. The number of likely N-dealkylation sites (N-methyl/N-ethyl adjacent to an activating group) is 1. The van der Waals surface area contributed by atoms with Crippen LogP contribution in [0.5, 0.6) is 0 Å². The molecule has 4 nitrogen and oxygen atoms in total. The fourth-order valence-corrected chi connectivity index (χ4v) is 3.48. The van der Waals surface area contributed by atoms with Gasteiger partial charge in [-0.05, 0) is 42.7 Å². The summed E-state index contributed by atoms with van der Waals surface area (Å²) in [5.74, 6) is -0.366. The van der Waals surface area contributed by atoms with Crippen LogP contribution in [0.15, 0.2) is 42.5 Å². The van der Waals surface area contributed by atoms with E-state index in [0.717, 1.165) is 11.1 Å². The molecule has 0 radical (unpaired) electrons. The van der Waals surface area contributed by atoms with Crippen molar-refractivity contribution in [3.8, 4) is 0 Å². The zero-order valence-electron chi connectivity index (χ0n) is 15.8. The van der Waals surface area contributed by atoms with Crippen LogP contribution >= 0.6 is 34.8 Å². The Morgan fingerprint density at radius 1 is 1.00 bits per heavy atom. The molecule has 0 heterocycles. The monoisotopic (exact) mass is 440 g/mol. The number of hydrogen-bond donors (Lipinski definition) is 1. The molecule has 0 saturated heterocycles. The van der Waals surface area contributed by atoms with Crippen molar-refractivity contribution in [2.45, 2.75) is 39.3 Å². The highest BCUT2D eigenvalue weighted by molar-refractivity contribution is 6.42. The standard InChI is InChI=1S/C21H23Cl3N2O2/c1-3-19(21(28)25-4-2)26(13-14-9-10-17(23)18(24)11-14)20(27)12-15-7-5-6-8-16(15)22/h5-11,19H,3-4,12-13H2,1-2H3,(H,25,28)/t19-/m1/s1. The second-order valence-electron chi connectivity index (χ2n) is 6.36. The van der Waals surface area contributed by atoms with Gasteiger partial charge in [-0.2, -0.15) is 0 Å². The lowest BCUT2D eigenvalue weighted by atomic mass is 10.1. The topological polar surface area (TPSA) is 49.4 Å². The predicted octanol–water partition coefficient (Wildman–Crippen LogP) is 5.13. The molecule has 0 bridgehead atoms. The third-order valence-corrected chi connectivity index (χ3v) is 5.48. The summed E-state index contributed by atoms with van der Waals surface area (Å²) < 4.78 is 0. The summed E-state index contributed by atoms with van der Waals surface area (Å²) in [5, 5.41) is 4.18. The highest BCUT2D eigenvalue weighted by Crippen LogP contribution is 2.25. The first-order valence-electron chi connectivity index (χ1n) is 9.11. The van der Waals surface area contributed by atoms with Gasteiger partial charge in [0.15, 0.2) is 0 Å². The van der Waals surface area contributed by atoms with Crippen molar-refractivity contribution in [1.29, 1.82) is 0 Å². The van der Waals surface area contributed by atoms with E-state index in [1.807, 2.05) is 32.0 Å². The molecule has 7 heteroatoms. The van der Waals surface area contributed by atoms with E-state index in [0.29, 0.717) is 28.0 Å². The molecule has 28 heavy (non-hydrogen) atoms. The molecule has 2 aromatic rings. The Morgan fingerprint density at radius 3 is 2.32 bits per heavy atom. The number of amides is 2. The summed E-state index contributed by atoms with van der Waals surface area (Å²) >= 11 is 18.3. The predicted molar refractivity (Wildman–Crippen MR) is 115 cm³/mol. The second kappa shape index (κ2) is 10.7. The Bertz CT molecular complexity index is 842. The van der Waals surface area contributed by atoms with E-state index >= 15 is 0 Å². The Balaban J connectivity index is 2.33. The zero-order chi connectivity index (χ0) is 20.7. The molecule has 1 atom stereocenters. The lowest BCUT2D eigenvalue weighted by Crippen LogP contribution is -2.49.